The number of ether oxygens (including phenoxy) is 1. The lowest BCUT2D eigenvalue weighted by atomic mass is 9.89. The molecular weight excluding hydrogens is 466 g/mol. The molecule has 7 nitrogen and oxygen atoms in total. The van der Waals surface area contributed by atoms with Crippen LogP contribution in [-0.4, -0.2) is 90.1 Å². The van der Waals surface area contributed by atoms with Crippen LogP contribution in [0.4, 0.5) is 19.3 Å². The van der Waals surface area contributed by atoms with Crippen molar-refractivity contribution in [3.63, 3.8) is 0 Å². The van der Waals surface area contributed by atoms with E-state index in [1.807, 2.05) is 9.80 Å². The van der Waals surface area contributed by atoms with Gasteiger partial charge in [-0.3, -0.25) is 9.69 Å². The zero-order valence-corrected chi connectivity index (χ0v) is 20.1. The lowest BCUT2D eigenvalue weighted by molar-refractivity contribution is -0.160. The minimum Gasteiger partial charge on any atom is -0.377 e. The molecule has 3 atom stereocenters. The molecule has 1 N–H and O–H groups in total. The van der Waals surface area contributed by atoms with E-state index in [-0.39, 0.29) is 30.6 Å². The van der Waals surface area contributed by atoms with Crippen LogP contribution < -0.4 is 5.32 Å². The van der Waals surface area contributed by atoms with Crippen LogP contribution in [0.25, 0.3) is 0 Å². The third-order valence-corrected chi connectivity index (χ3v) is 8.20. The van der Waals surface area contributed by atoms with Crippen LogP contribution in [0.1, 0.15) is 32.6 Å². The Labute approximate surface area is 203 Å². The first-order valence-electron chi connectivity index (χ1n) is 12.0. The zero-order chi connectivity index (χ0) is 24.1. The second-order valence-corrected chi connectivity index (χ2v) is 10.6. The number of likely N-dealkylation sites (tertiary alicyclic amines) is 1. The summed E-state index contributed by atoms with van der Waals surface area (Å²) in [7, 11) is 0. The van der Waals surface area contributed by atoms with Crippen LogP contribution in [0.3, 0.4) is 0 Å². The van der Waals surface area contributed by atoms with Crippen LogP contribution in [0.15, 0.2) is 24.3 Å². The monoisotopic (exact) mass is 496 g/mol. The summed E-state index contributed by atoms with van der Waals surface area (Å²) >= 11 is 6.00. The van der Waals surface area contributed by atoms with Gasteiger partial charge in [-0.1, -0.05) is 17.7 Å². The number of carbonyl (C=O) groups excluding carboxylic acids is 2. The van der Waals surface area contributed by atoms with Crippen LogP contribution in [0.5, 0.6) is 0 Å². The van der Waals surface area contributed by atoms with Gasteiger partial charge < -0.3 is 19.9 Å². The number of piperazine rings is 1. The van der Waals surface area contributed by atoms with Crippen LogP contribution >= 0.6 is 11.6 Å². The van der Waals surface area contributed by atoms with E-state index in [4.69, 9.17) is 16.3 Å². The van der Waals surface area contributed by atoms with Gasteiger partial charge in [0, 0.05) is 29.2 Å². The second-order valence-electron chi connectivity index (χ2n) is 10.2. The highest BCUT2D eigenvalue weighted by Gasteiger charge is 2.63. The number of anilines is 1. The first-order chi connectivity index (χ1) is 16.2. The normalized spacial score (nSPS) is 30.2. The van der Waals surface area contributed by atoms with E-state index in [2.05, 4.69) is 5.32 Å². The van der Waals surface area contributed by atoms with Gasteiger partial charge in [0.2, 0.25) is 5.91 Å². The summed E-state index contributed by atoms with van der Waals surface area (Å²) in [4.78, 5) is 31.4. The maximum Gasteiger partial charge on any atom is 0.322 e. The summed E-state index contributed by atoms with van der Waals surface area (Å²) in [5.41, 5.74) is -0.195. The van der Waals surface area contributed by atoms with Gasteiger partial charge >= 0.3 is 6.03 Å². The molecule has 5 rings (SSSR count). The van der Waals surface area contributed by atoms with Gasteiger partial charge in [-0.05, 0) is 57.4 Å². The molecule has 1 saturated carbocycles. The summed E-state index contributed by atoms with van der Waals surface area (Å²) in [5, 5.41) is 3.32. The maximum absolute atomic E-state index is 14.6. The molecule has 1 aromatic carbocycles. The number of nitrogens with one attached hydrogen (secondary N) is 1. The Morgan fingerprint density at radius 1 is 1.26 bits per heavy atom. The Bertz CT molecular complexity index is 960. The van der Waals surface area contributed by atoms with Gasteiger partial charge in [-0.25, -0.2) is 13.6 Å². The SMILES string of the molecule is CC1C(=O)N2C(CCN3CCC4(CC4)C(F)(F)C3)COCC2CN1C(=O)Nc1cccc(Cl)c1. The Morgan fingerprint density at radius 3 is 2.76 bits per heavy atom. The topological polar surface area (TPSA) is 65.1 Å². The summed E-state index contributed by atoms with van der Waals surface area (Å²) in [6, 6.07) is 5.41. The highest BCUT2D eigenvalue weighted by atomic mass is 35.5. The van der Waals surface area contributed by atoms with Gasteiger partial charge in [0.25, 0.3) is 5.92 Å². The van der Waals surface area contributed by atoms with Crippen LogP contribution in [-0.2, 0) is 9.53 Å². The van der Waals surface area contributed by atoms with Gasteiger partial charge in [-0.2, -0.15) is 0 Å². The predicted octanol–water partition coefficient (Wildman–Crippen LogP) is 3.68. The third kappa shape index (κ3) is 4.38. The highest BCUT2D eigenvalue weighted by Crippen LogP contribution is 2.61. The number of alkyl halides is 2. The number of nitrogens with zero attached hydrogens (tertiary/aromatic N) is 3. The fourth-order valence-electron chi connectivity index (χ4n) is 5.65. The highest BCUT2D eigenvalue weighted by molar-refractivity contribution is 6.30. The average molecular weight is 497 g/mol. The smallest absolute Gasteiger partial charge is 0.322 e. The molecular formula is C24H31ClF2N4O3. The van der Waals surface area contributed by atoms with E-state index in [9.17, 15) is 18.4 Å². The molecule has 0 radical (unpaired) electrons. The molecule has 3 heterocycles. The lowest BCUT2D eigenvalue weighted by Gasteiger charge is -2.50. The molecule has 3 saturated heterocycles. The molecule has 3 unspecified atom stereocenters. The van der Waals surface area contributed by atoms with Gasteiger partial charge in [-0.15, -0.1) is 0 Å². The molecule has 1 aliphatic carbocycles. The Kier molecular flexibility index (Phi) is 6.23. The second kappa shape index (κ2) is 8.91. The molecule has 4 aliphatic rings. The number of carbonyl (C=O) groups is 2. The van der Waals surface area contributed by atoms with Crippen molar-refractivity contribution in [2.45, 2.75) is 56.7 Å². The number of amides is 3. The first-order valence-corrected chi connectivity index (χ1v) is 12.4. The van der Waals surface area contributed by atoms with Gasteiger partial charge in [0.1, 0.15) is 6.04 Å². The molecule has 3 amide bonds. The van der Waals surface area contributed by atoms with Crippen molar-refractivity contribution in [1.29, 1.82) is 0 Å². The number of rotatable bonds is 4. The standard InChI is InChI=1S/C24H31ClF2N4O3/c1-16-21(32)31-19(5-9-29-10-8-23(6-7-23)24(26,27)15-29)13-34-14-20(31)12-30(16)22(33)28-18-4-2-3-17(25)11-18/h2-4,11,16,19-20H,5-10,12-15H2,1H3,(H,28,33). The number of benzene rings is 1. The number of urea groups is 1. The maximum atomic E-state index is 14.6. The summed E-state index contributed by atoms with van der Waals surface area (Å²) in [5.74, 6) is -2.77. The molecule has 4 fully saturated rings. The fraction of sp³-hybridized carbons (Fsp3) is 0.667. The zero-order valence-electron chi connectivity index (χ0n) is 19.3. The van der Waals surface area contributed by atoms with Crippen molar-refractivity contribution in [1.82, 2.24) is 14.7 Å². The quantitative estimate of drug-likeness (QED) is 0.690. The minimum absolute atomic E-state index is 0.133. The van der Waals surface area contributed by atoms with E-state index in [1.165, 1.54) is 4.90 Å². The van der Waals surface area contributed by atoms with E-state index in [0.29, 0.717) is 69.2 Å². The lowest BCUT2D eigenvalue weighted by Crippen LogP contribution is -2.68. The minimum atomic E-state index is -2.64. The molecule has 0 bridgehead atoms. The number of hydrogen-bond donors (Lipinski definition) is 1. The Morgan fingerprint density at radius 2 is 2.06 bits per heavy atom. The number of halogens is 3. The molecule has 1 spiro atoms. The number of hydrogen-bond acceptors (Lipinski definition) is 4. The molecule has 186 valence electrons. The fourth-order valence-corrected chi connectivity index (χ4v) is 5.84. The van der Waals surface area contributed by atoms with E-state index in [1.54, 1.807) is 31.2 Å². The molecule has 3 aliphatic heterocycles. The average Bonchev–Trinajstić information content (AvgIpc) is 3.58. The van der Waals surface area contributed by atoms with Crippen molar-refractivity contribution in [3.05, 3.63) is 29.3 Å². The van der Waals surface area contributed by atoms with Crippen LogP contribution in [0.2, 0.25) is 5.02 Å². The number of piperidine rings is 1. The summed E-state index contributed by atoms with van der Waals surface area (Å²) < 4.78 is 34.9. The van der Waals surface area contributed by atoms with Gasteiger partial charge in [0.15, 0.2) is 0 Å². The van der Waals surface area contributed by atoms with Crippen molar-refractivity contribution < 1.29 is 23.1 Å². The largest absolute Gasteiger partial charge is 0.377 e. The van der Waals surface area contributed by atoms with Crippen molar-refractivity contribution in [3.8, 4) is 0 Å². The number of morpholine rings is 1. The van der Waals surface area contributed by atoms with Gasteiger partial charge in [0.05, 0.1) is 31.8 Å². The van der Waals surface area contributed by atoms with Crippen molar-refractivity contribution in [2.75, 3.05) is 44.7 Å². The number of fused-ring (bicyclic) bond motifs is 1. The van der Waals surface area contributed by atoms with Crippen molar-refractivity contribution in [2.24, 2.45) is 5.41 Å². The van der Waals surface area contributed by atoms with Crippen LogP contribution in [0, 0.1) is 5.41 Å². The predicted molar refractivity (Wildman–Crippen MR) is 124 cm³/mol. The van der Waals surface area contributed by atoms with E-state index in [0.717, 1.165) is 0 Å². The summed E-state index contributed by atoms with van der Waals surface area (Å²) in [6.07, 6.45) is 2.38. The molecule has 34 heavy (non-hydrogen) atoms. The van der Waals surface area contributed by atoms with E-state index >= 15 is 0 Å². The first kappa shape index (κ1) is 23.8. The summed E-state index contributed by atoms with van der Waals surface area (Å²) in [6.45, 7) is 3.78. The third-order valence-electron chi connectivity index (χ3n) is 7.97. The van der Waals surface area contributed by atoms with E-state index < -0.39 is 17.4 Å². The Hall–Kier alpha value is -1.97. The molecule has 10 heteroatoms. The van der Waals surface area contributed by atoms with Crippen molar-refractivity contribution >= 4 is 29.2 Å². The molecule has 0 aromatic heterocycles. The molecule has 1 aromatic rings. The Balaban J connectivity index is 1.20.